The highest BCUT2D eigenvalue weighted by Gasteiger charge is 2.42. The minimum absolute atomic E-state index is 0.100. The second kappa shape index (κ2) is 8.93. The minimum Gasteiger partial charge on any atom is -0.447 e. The van der Waals surface area contributed by atoms with Crippen LogP contribution in [0.3, 0.4) is 0 Å². The van der Waals surface area contributed by atoms with Gasteiger partial charge in [-0.2, -0.15) is 0 Å². The number of rotatable bonds is 6. The quantitative estimate of drug-likeness (QED) is 0.736. The SMILES string of the molecule is Cc1cc(C)c(S/C=C/[C@H](O)[C@@H](C)C(=O)N2C(=O)OC[C@@H]2C(C)C)c(C)c1. The molecule has 1 saturated heterocycles. The zero-order valence-electron chi connectivity index (χ0n) is 16.9. The molecule has 0 spiro atoms. The number of amides is 2. The monoisotopic (exact) mass is 391 g/mol. The van der Waals surface area contributed by atoms with Crippen molar-refractivity contribution in [2.45, 2.75) is 58.6 Å². The van der Waals surface area contributed by atoms with Gasteiger partial charge in [0, 0.05) is 4.90 Å². The van der Waals surface area contributed by atoms with Crippen LogP contribution in [-0.2, 0) is 9.53 Å². The van der Waals surface area contributed by atoms with Gasteiger partial charge in [-0.3, -0.25) is 4.79 Å². The molecule has 148 valence electrons. The largest absolute Gasteiger partial charge is 0.447 e. The molecule has 1 heterocycles. The number of cyclic esters (lactones) is 1. The van der Waals surface area contributed by atoms with Crippen molar-refractivity contribution < 1.29 is 19.4 Å². The van der Waals surface area contributed by atoms with Crippen molar-refractivity contribution in [3.05, 3.63) is 40.3 Å². The summed E-state index contributed by atoms with van der Waals surface area (Å²) in [5, 5.41) is 12.2. The summed E-state index contributed by atoms with van der Waals surface area (Å²) < 4.78 is 5.03. The van der Waals surface area contributed by atoms with Gasteiger partial charge in [0.15, 0.2) is 0 Å². The predicted octanol–water partition coefficient (Wildman–Crippen LogP) is 4.22. The summed E-state index contributed by atoms with van der Waals surface area (Å²) in [6, 6.07) is 3.96. The minimum atomic E-state index is -0.975. The molecule has 0 unspecified atom stereocenters. The molecule has 2 amide bonds. The number of aliphatic hydroxyl groups excluding tert-OH is 1. The first kappa shape index (κ1) is 21.5. The van der Waals surface area contributed by atoms with Crippen LogP contribution in [0.1, 0.15) is 37.5 Å². The summed E-state index contributed by atoms with van der Waals surface area (Å²) in [7, 11) is 0. The third kappa shape index (κ3) is 4.93. The number of nitrogens with zero attached hydrogens (tertiary/aromatic N) is 1. The zero-order chi connectivity index (χ0) is 20.3. The number of carbonyl (C=O) groups excluding carboxylic acids is 2. The van der Waals surface area contributed by atoms with Crippen molar-refractivity contribution in [1.29, 1.82) is 0 Å². The van der Waals surface area contributed by atoms with Gasteiger partial charge in [-0.25, -0.2) is 9.69 Å². The number of benzene rings is 1. The highest BCUT2D eigenvalue weighted by atomic mass is 32.2. The van der Waals surface area contributed by atoms with Crippen LogP contribution in [-0.4, -0.2) is 40.8 Å². The van der Waals surface area contributed by atoms with Crippen LogP contribution < -0.4 is 0 Å². The van der Waals surface area contributed by atoms with E-state index in [0.29, 0.717) is 0 Å². The van der Waals surface area contributed by atoms with Crippen LogP contribution in [0.4, 0.5) is 4.79 Å². The molecule has 1 aliphatic rings. The van der Waals surface area contributed by atoms with E-state index in [1.165, 1.54) is 28.5 Å². The Morgan fingerprint density at radius 1 is 1.26 bits per heavy atom. The molecule has 1 aliphatic heterocycles. The molecule has 5 nitrogen and oxygen atoms in total. The van der Waals surface area contributed by atoms with E-state index >= 15 is 0 Å². The first-order valence-electron chi connectivity index (χ1n) is 9.22. The molecule has 1 fully saturated rings. The standard InChI is InChI=1S/C21H29NO4S/c1-12(2)17-11-26-21(25)22(17)20(24)16(6)18(23)7-8-27-19-14(4)9-13(3)10-15(19)5/h7-10,12,16-18,23H,11H2,1-6H3/b8-7+/t16-,17-,18+/m1/s1. The van der Waals surface area contributed by atoms with Crippen LogP contribution >= 0.6 is 11.8 Å². The molecule has 1 N–H and O–H groups in total. The Labute approximate surface area is 165 Å². The maximum atomic E-state index is 12.7. The normalized spacial score (nSPS) is 19.6. The highest BCUT2D eigenvalue weighted by molar-refractivity contribution is 8.02. The van der Waals surface area contributed by atoms with E-state index in [0.717, 1.165) is 9.80 Å². The van der Waals surface area contributed by atoms with Gasteiger partial charge in [-0.1, -0.05) is 50.2 Å². The van der Waals surface area contributed by atoms with Crippen molar-refractivity contribution >= 4 is 23.8 Å². The molecular formula is C21H29NO4S. The van der Waals surface area contributed by atoms with E-state index in [4.69, 9.17) is 4.74 Å². The number of hydrogen-bond donors (Lipinski definition) is 1. The molecule has 0 radical (unpaired) electrons. The van der Waals surface area contributed by atoms with E-state index < -0.39 is 24.0 Å². The summed E-state index contributed by atoms with van der Waals surface area (Å²) in [5.74, 6) is -1.03. The van der Waals surface area contributed by atoms with Gasteiger partial charge in [0.2, 0.25) is 5.91 Å². The highest BCUT2D eigenvalue weighted by Crippen LogP contribution is 2.29. The van der Waals surface area contributed by atoms with Crippen LogP contribution in [0.2, 0.25) is 0 Å². The molecule has 0 aromatic heterocycles. The first-order chi connectivity index (χ1) is 12.6. The lowest BCUT2D eigenvalue weighted by atomic mass is 9.99. The molecule has 1 aromatic rings. The van der Waals surface area contributed by atoms with Gasteiger partial charge >= 0.3 is 6.09 Å². The molecule has 0 aliphatic carbocycles. The molecule has 0 saturated carbocycles. The van der Waals surface area contributed by atoms with Gasteiger partial charge in [0.05, 0.1) is 18.1 Å². The molecule has 3 atom stereocenters. The fraction of sp³-hybridized carbons (Fsp3) is 0.524. The Bertz CT molecular complexity index is 721. The summed E-state index contributed by atoms with van der Waals surface area (Å²) >= 11 is 1.52. The van der Waals surface area contributed by atoms with Crippen LogP contribution in [0.15, 0.2) is 28.5 Å². The number of carbonyl (C=O) groups is 2. The second-order valence-electron chi connectivity index (χ2n) is 7.55. The zero-order valence-corrected chi connectivity index (χ0v) is 17.7. The number of hydrogen-bond acceptors (Lipinski definition) is 5. The summed E-state index contributed by atoms with van der Waals surface area (Å²) in [6.07, 6.45) is 0.0110. The lowest BCUT2D eigenvalue weighted by molar-refractivity contribution is -0.136. The Morgan fingerprint density at radius 2 is 1.85 bits per heavy atom. The van der Waals surface area contributed by atoms with E-state index in [1.54, 1.807) is 18.4 Å². The Hall–Kier alpha value is -1.79. The number of ether oxygens (including phenoxy) is 1. The molecule has 1 aromatic carbocycles. The molecular weight excluding hydrogens is 362 g/mol. The van der Waals surface area contributed by atoms with Crippen LogP contribution in [0.5, 0.6) is 0 Å². The van der Waals surface area contributed by atoms with E-state index in [9.17, 15) is 14.7 Å². The van der Waals surface area contributed by atoms with Crippen molar-refractivity contribution in [2.75, 3.05) is 6.61 Å². The van der Waals surface area contributed by atoms with Crippen LogP contribution in [0, 0.1) is 32.6 Å². The summed E-state index contributed by atoms with van der Waals surface area (Å²) in [5.41, 5.74) is 3.58. The van der Waals surface area contributed by atoms with Crippen molar-refractivity contribution in [1.82, 2.24) is 4.90 Å². The van der Waals surface area contributed by atoms with E-state index in [1.807, 2.05) is 13.8 Å². The second-order valence-corrected chi connectivity index (χ2v) is 8.47. The smallest absolute Gasteiger partial charge is 0.416 e. The van der Waals surface area contributed by atoms with Gasteiger partial charge < -0.3 is 9.84 Å². The maximum absolute atomic E-state index is 12.7. The van der Waals surface area contributed by atoms with Crippen molar-refractivity contribution in [3.63, 3.8) is 0 Å². The number of thioether (sulfide) groups is 1. The average molecular weight is 392 g/mol. The van der Waals surface area contributed by atoms with E-state index in [-0.39, 0.29) is 18.6 Å². The molecule has 0 bridgehead atoms. The van der Waals surface area contributed by atoms with Gasteiger partial charge in [-0.15, -0.1) is 0 Å². The fourth-order valence-electron chi connectivity index (χ4n) is 3.25. The summed E-state index contributed by atoms with van der Waals surface area (Å²) in [4.78, 5) is 27.0. The number of imide groups is 1. The Morgan fingerprint density at radius 3 is 2.41 bits per heavy atom. The predicted molar refractivity (Wildman–Crippen MR) is 108 cm³/mol. The fourth-order valence-corrected chi connectivity index (χ4v) is 4.12. The lowest BCUT2D eigenvalue weighted by Gasteiger charge is -2.26. The Kier molecular flexibility index (Phi) is 7.12. The van der Waals surface area contributed by atoms with E-state index in [2.05, 4.69) is 32.9 Å². The third-order valence-corrected chi connectivity index (χ3v) is 6.05. The lowest BCUT2D eigenvalue weighted by Crippen LogP contribution is -2.46. The maximum Gasteiger partial charge on any atom is 0.416 e. The van der Waals surface area contributed by atoms with Gasteiger partial charge in [0.25, 0.3) is 0 Å². The van der Waals surface area contributed by atoms with Crippen molar-refractivity contribution in [3.8, 4) is 0 Å². The molecule has 2 rings (SSSR count). The molecule has 27 heavy (non-hydrogen) atoms. The van der Waals surface area contributed by atoms with Crippen molar-refractivity contribution in [2.24, 2.45) is 11.8 Å². The molecule has 6 heteroatoms. The van der Waals surface area contributed by atoms with Gasteiger partial charge in [-0.05, 0) is 49.3 Å². The summed E-state index contributed by atoms with van der Waals surface area (Å²) in [6.45, 7) is 11.9. The van der Waals surface area contributed by atoms with Crippen LogP contribution in [0.25, 0.3) is 0 Å². The Balaban J connectivity index is 2.04. The topological polar surface area (TPSA) is 66.8 Å². The third-order valence-electron chi connectivity index (χ3n) is 4.88. The number of aliphatic hydroxyl groups is 1. The first-order valence-corrected chi connectivity index (χ1v) is 10.1. The van der Waals surface area contributed by atoms with Gasteiger partial charge in [0.1, 0.15) is 6.61 Å². The number of aryl methyl sites for hydroxylation is 3. The average Bonchev–Trinajstić information content (AvgIpc) is 2.97.